The van der Waals surface area contributed by atoms with Crippen LogP contribution in [0.4, 0.5) is 14.5 Å². The van der Waals surface area contributed by atoms with Gasteiger partial charge in [0.15, 0.2) is 0 Å². The number of nitrogens with one attached hydrogen (secondary N) is 1. The van der Waals surface area contributed by atoms with Crippen LogP contribution in [0.15, 0.2) is 48.5 Å². The van der Waals surface area contributed by atoms with Crippen molar-refractivity contribution in [3.63, 3.8) is 0 Å². The fourth-order valence-corrected chi connectivity index (χ4v) is 2.55. The molecular weight excluding hydrogens is 292 g/mol. The molecule has 1 atom stereocenters. The highest BCUT2D eigenvalue weighted by molar-refractivity contribution is 7.99. The van der Waals surface area contributed by atoms with Gasteiger partial charge in [0.1, 0.15) is 11.6 Å². The first-order chi connectivity index (χ1) is 10.1. The van der Waals surface area contributed by atoms with E-state index < -0.39 is 5.82 Å². The molecule has 0 saturated heterocycles. The van der Waals surface area contributed by atoms with Crippen LogP contribution in [0.3, 0.4) is 0 Å². The average molecular weight is 307 g/mol. The van der Waals surface area contributed by atoms with Gasteiger partial charge in [-0.05, 0) is 36.8 Å². The number of hydrogen-bond donors (Lipinski definition) is 1. The standard InChI is InChI=1S/C16H15F2NOS/c1-11(21-10-12-5-4-6-13(17)9-12)16(20)19-15-8-3-2-7-14(15)18/h2-9,11H,10H2,1H3,(H,19,20). The summed E-state index contributed by atoms with van der Waals surface area (Å²) in [5, 5.41) is 2.18. The molecule has 2 nitrogen and oxygen atoms in total. The SMILES string of the molecule is CC(SCc1cccc(F)c1)C(=O)Nc1ccccc1F. The number of para-hydroxylation sites is 1. The van der Waals surface area contributed by atoms with Crippen LogP contribution in [0.2, 0.25) is 0 Å². The van der Waals surface area contributed by atoms with Gasteiger partial charge in [0.2, 0.25) is 5.91 Å². The fraction of sp³-hybridized carbons (Fsp3) is 0.188. The zero-order chi connectivity index (χ0) is 15.2. The molecule has 2 aromatic rings. The van der Waals surface area contributed by atoms with Crippen LogP contribution in [0.1, 0.15) is 12.5 Å². The van der Waals surface area contributed by atoms with Gasteiger partial charge in [-0.1, -0.05) is 24.3 Å². The Bertz CT molecular complexity index is 633. The number of hydrogen-bond acceptors (Lipinski definition) is 2. The minimum absolute atomic E-state index is 0.167. The molecule has 21 heavy (non-hydrogen) atoms. The van der Waals surface area contributed by atoms with Gasteiger partial charge in [0.25, 0.3) is 0 Å². The predicted molar refractivity (Wildman–Crippen MR) is 82.2 cm³/mol. The molecule has 0 aliphatic heterocycles. The topological polar surface area (TPSA) is 29.1 Å². The van der Waals surface area contributed by atoms with Crippen LogP contribution in [0, 0.1) is 11.6 Å². The van der Waals surface area contributed by atoms with Crippen LogP contribution >= 0.6 is 11.8 Å². The van der Waals surface area contributed by atoms with E-state index in [1.807, 2.05) is 0 Å². The highest BCUT2D eigenvalue weighted by Gasteiger charge is 2.15. The summed E-state index contributed by atoms with van der Waals surface area (Å²) in [4.78, 5) is 12.0. The van der Waals surface area contributed by atoms with Crippen molar-refractivity contribution in [1.29, 1.82) is 0 Å². The van der Waals surface area contributed by atoms with E-state index in [1.165, 1.54) is 36.0 Å². The molecule has 110 valence electrons. The van der Waals surface area contributed by atoms with E-state index in [-0.39, 0.29) is 22.7 Å². The molecule has 1 amide bonds. The summed E-state index contributed by atoms with van der Waals surface area (Å²) in [6.45, 7) is 1.74. The molecular formula is C16H15F2NOS. The Morgan fingerprint density at radius 3 is 2.67 bits per heavy atom. The Kier molecular flexibility index (Phi) is 5.33. The van der Waals surface area contributed by atoms with Crippen molar-refractivity contribution >= 4 is 23.4 Å². The molecule has 0 aromatic heterocycles. The third kappa shape index (κ3) is 4.56. The van der Waals surface area contributed by atoms with Gasteiger partial charge in [-0.15, -0.1) is 11.8 Å². The molecule has 0 heterocycles. The lowest BCUT2D eigenvalue weighted by molar-refractivity contribution is -0.115. The summed E-state index contributed by atoms with van der Waals surface area (Å²) in [6, 6.07) is 12.3. The summed E-state index contributed by atoms with van der Waals surface area (Å²) in [7, 11) is 0. The second-order valence-corrected chi connectivity index (χ2v) is 5.88. The second kappa shape index (κ2) is 7.22. The quantitative estimate of drug-likeness (QED) is 0.896. The van der Waals surface area contributed by atoms with Gasteiger partial charge in [0.05, 0.1) is 10.9 Å². The molecule has 2 rings (SSSR count). The Balaban J connectivity index is 1.90. The largest absolute Gasteiger partial charge is 0.323 e. The number of thioether (sulfide) groups is 1. The summed E-state index contributed by atoms with van der Waals surface area (Å²) in [5.74, 6) is -0.518. The summed E-state index contributed by atoms with van der Waals surface area (Å²) in [5.41, 5.74) is 0.978. The van der Waals surface area contributed by atoms with Crippen LogP contribution < -0.4 is 5.32 Å². The smallest absolute Gasteiger partial charge is 0.237 e. The fourth-order valence-electron chi connectivity index (χ4n) is 1.72. The molecule has 0 spiro atoms. The summed E-state index contributed by atoms with van der Waals surface area (Å²) in [6.07, 6.45) is 0. The van der Waals surface area contributed by atoms with Crippen LogP contribution in [-0.2, 0) is 10.5 Å². The first kappa shape index (κ1) is 15.5. The zero-order valence-corrected chi connectivity index (χ0v) is 12.3. The minimum Gasteiger partial charge on any atom is -0.323 e. The van der Waals surface area contributed by atoms with Crippen molar-refractivity contribution < 1.29 is 13.6 Å². The first-order valence-corrected chi connectivity index (χ1v) is 7.52. The number of carbonyl (C=O) groups is 1. The van der Waals surface area contributed by atoms with Crippen molar-refractivity contribution in [2.45, 2.75) is 17.9 Å². The molecule has 2 aromatic carbocycles. The lowest BCUT2D eigenvalue weighted by Gasteiger charge is -2.12. The molecule has 1 N–H and O–H groups in total. The number of halogens is 2. The van der Waals surface area contributed by atoms with Gasteiger partial charge in [-0.25, -0.2) is 8.78 Å². The van der Waals surface area contributed by atoms with Crippen LogP contribution in [0.5, 0.6) is 0 Å². The lowest BCUT2D eigenvalue weighted by atomic mass is 10.2. The maximum atomic E-state index is 13.4. The number of rotatable bonds is 5. The molecule has 0 radical (unpaired) electrons. The van der Waals surface area contributed by atoms with Gasteiger partial charge in [0, 0.05) is 5.75 Å². The molecule has 0 aliphatic carbocycles. The number of amides is 1. The Labute approximate surface area is 126 Å². The number of carbonyl (C=O) groups excluding carboxylic acids is 1. The number of benzene rings is 2. The predicted octanol–water partition coefficient (Wildman–Crippen LogP) is 4.23. The van der Waals surface area contributed by atoms with E-state index >= 15 is 0 Å². The molecule has 0 aliphatic rings. The first-order valence-electron chi connectivity index (χ1n) is 6.47. The van der Waals surface area contributed by atoms with Crippen LogP contribution in [-0.4, -0.2) is 11.2 Å². The van der Waals surface area contributed by atoms with Gasteiger partial charge in [-0.3, -0.25) is 4.79 Å². The Hall–Kier alpha value is -1.88. The van der Waals surface area contributed by atoms with Crippen LogP contribution in [0.25, 0.3) is 0 Å². The maximum absolute atomic E-state index is 13.4. The third-order valence-corrected chi connectivity index (χ3v) is 4.10. The minimum atomic E-state index is -0.465. The monoisotopic (exact) mass is 307 g/mol. The van der Waals surface area contributed by atoms with Crippen molar-refractivity contribution in [3.8, 4) is 0 Å². The van der Waals surface area contributed by atoms with E-state index in [0.29, 0.717) is 5.75 Å². The van der Waals surface area contributed by atoms with Gasteiger partial charge >= 0.3 is 0 Å². The van der Waals surface area contributed by atoms with Gasteiger partial charge < -0.3 is 5.32 Å². The zero-order valence-electron chi connectivity index (χ0n) is 11.5. The van der Waals surface area contributed by atoms with E-state index in [9.17, 15) is 13.6 Å². The van der Waals surface area contributed by atoms with Crippen molar-refractivity contribution in [2.75, 3.05) is 5.32 Å². The highest BCUT2D eigenvalue weighted by Crippen LogP contribution is 2.20. The van der Waals surface area contributed by atoms with E-state index in [4.69, 9.17) is 0 Å². The normalized spacial score (nSPS) is 12.0. The second-order valence-electron chi connectivity index (χ2n) is 4.55. The molecule has 0 saturated carbocycles. The Morgan fingerprint density at radius 1 is 1.19 bits per heavy atom. The molecule has 1 unspecified atom stereocenters. The molecule has 0 fully saturated rings. The number of anilines is 1. The van der Waals surface area contributed by atoms with Crippen molar-refractivity contribution in [2.24, 2.45) is 0 Å². The summed E-state index contributed by atoms with van der Waals surface area (Å²) >= 11 is 1.37. The molecule has 0 bridgehead atoms. The van der Waals surface area contributed by atoms with Crippen molar-refractivity contribution in [1.82, 2.24) is 0 Å². The lowest BCUT2D eigenvalue weighted by Crippen LogP contribution is -2.23. The average Bonchev–Trinajstić information content (AvgIpc) is 2.47. The van der Waals surface area contributed by atoms with Gasteiger partial charge in [-0.2, -0.15) is 0 Å². The van der Waals surface area contributed by atoms with E-state index in [1.54, 1.807) is 31.2 Å². The van der Waals surface area contributed by atoms with E-state index in [0.717, 1.165) is 5.56 Å². The maximum Gasteiger partial charge on any atom is 0.237 e. The molecule has 5 heteroatoms. The third-order valence-electron chi connectivity index (χ3n) is 2.89. The summed E-state index contributed by atoms with van der Waals surface area (Å²) < 4.78 is 26.5. The highest BCUT2D eigenvalue weighted by atomic mass is 32.2. The van der Waals surface area contributed by atoms with Crippen molar-refractivity contribution in [3.05, 3.63) is 65.7 Å². The van der Waals surface area contributed by atoms with E-state index in [2.05, 4.69) is 5.32 Å². The Morgan fingerprint density at radius 2 is 1.95 bits per heavy atom.